The molecule has 0 fully saturated rings. The lowest BCUT2D eigenvalue weighted by atomic mass is 9.70. The second-order valence-corrected chi connectivity index (χ2v) is 12.0. The molecule has 0 saturated heterocycles. The van der Waals surface area contributed by atoms with Crippen LogP contribution in [0.2, 0.25) is 0 Å². The van der Waals surface area contributed by atoms with Gasteiger partial charge in [-0.2, -0.15) is 0 Å². The molecule has 3 heterocycles. The van der Waals surface area contributed by atoms with Gasteiger partial charge in [-0.1, -0.05) is 37.7 Å². The number of allylic oxidation sites excluding steroid dienone is 2. The van der Waals surface area contributed by atoms with Crippen LogP contribution < -0.4 is 10.9 Å². The van der Waals surface area contributed by atoms with Crippen molar-refractivity contribution in [3.63, 3.8) is 0 Å². The molecule has 0 amide bonds. The van der Waals surface area contributed by atoms with Crippen LogP contribution in [0.25, 0.3) is 0 Å². The molecule has 2 aliphatic rings. The number of thioether (sulfide) groups is 1. The summed E-state index contributed by atoms with van der Waals surface area (Å²) in [7, 11) is 0. The van der Waals surface area contributed by atoms with E-state index in [1.54, 1.807) is 23.5 Å². The van der Waals surface area contributed by atoms with Crippen molar-refractivity contribution in [1.82, 2.24) is 9.97 Å². The minimum absolute atomic E-state index is 0.0344. The molecule has 2 aromatic heterocycles. The molecule has 1 unspecified atom stereocenters. The predicted octanol–water partition coefficient (Wildman–Crippen LogP) is 5.54. The Kier molecular flexibility index (Phi) is 5.88. The number of non-ortho nitro benzene ring substituents is 1. The number of nitrogens with one attached hydrogen (secondary N) is 2. The van der Waals surface area contributed by atoms with E-state index in [9.17, 15) is 19.7 Å². The van der Waals surface area contributed by atoms with Gasteiger partial charge in [-0.15, -0.1) is 11.3 Å². The molecule has 0 spiro atoms. The normalized spacial score (nSPS) is 18.6. The molecule has 10 heteroatoms. The molecule has 180 valence electrons. The third kappa shape index (κ3) is 4.55. The van der Waals surface area contributed by atoms with E-state index in [1.807, 2.05) is 19.1 Å². The van der Waals surface area contributed by atoms with E-state index in [2.05, 4.69) is 24.1 Å². The summed E-state index contributed by atoms with van der Waals surface area (Å²) in [6, 6.07) is 10.3. The lowest BCUT2D eigenvalue weighted by Gasteiger charge is -2.38. The molecule has 0 bridgehead atoms. The summed E-state index contributed by atoms with van der Waals surface area (Å²) in [5, 5.41) is 14.7. The highest BCUT2D eigenvalue weighted by atomic mass is 32.2. The van der Waals surface area contributed by atoms with Crippen LogP contribution in [0.1, 0.15) is 53.5 Å². The summed E-state index contributed by atoms with van der Waals surface area (Å²) < 4.78 is 0. The maximum Gasteiger partial charge on any atom is 0.269 e. The minimum atomic E-state index is -0.437. The number of hydrogen-bond acceptors (Lipinski definition) is 8. The molecule has 2 N–H and O–H groups in total. The number of Topliss-reactive ketones (excluding diaryl/α,β-unsaturated/α-hetero) is 1. The summed E-state index contributed by atoms with van der Waals surface area (Å²) in [5.41, 5.74) is 2.46. The number of ketones is 1. The highest BCUT2D eigenvalue weighted by Gasteiger charge is 2.42. The second-order valence-electron chi connectivity index (χ2n) is 9.69. The van der Waals surface area contributed by atoms with Crippen molar-refractivity contribution in [1.29, 1.82) is 0 Å². The van der Waals surface area contributed by atoms with Crippen molar-refractivity contribution in [3.05, 3.63) is 89.0 Å². The van der Waals surface area contributed by atoms with Gasteiger partial charge in [0.1, 0.15) is 5.82 Å². The minimum Gasteiger partial charge on any atom is -0.343 e. The number of H-pyrrole nitrogens is 1. The Bertz CT molecular complexity index is 1440. The standard InChI is InChI=1S/C25H24N4O4S2/c1-13-4-9-18(35-13)20-19-16(10-25(2,3)11-17(19)30)26-22-21(20)23(31)28-24(27-22)34-12-14-5-7-15(8-6-14)29(32)33/h4-9,20H,10-12H2,1-3H3,(H2,26,27,28,31). The molecule has 3 aromatic rings. The van der Waals surface area contributed by atoms with E-state index in [0.717, 1.165) is 21.0 Å². The number of carbonyl (C=O) groups is 1. The number of benzene rings is 1. The van der Waals surface area contributed by atoms with Crippen molar-refractivity contribution in [3.8, 4) is 0 Å². The van der Waals surface area contributed by atoms with Crippen LogP contribution in [0, 0.1) is 22.5 Å². The number of nitrogens with zero attached hydrogens (tertiary/aromatic N) is 2. The second kappa shape index (κ2) is 8.76. The number of aromatic amines is 1. The first kappa shape index (κ1) is 23.5. The Morgan fingerprint density at radius 2 is 1.91 bits per heavy atom. The number of nitro groups is 1. The smallest absolute Gasteiger partial charge is 0.269 e. The summed E-state index contributed by atoms with van der Waals surface area (Å²) >= 11 is 2.94. The van der Waals surface area contributed by atoms with Gasteiger partial charge >= 0.3 is 0 Å². The van der Waals surface area contributed by atoms with Gasteiger partial charge in [0, 0.05) is 45.3 Å². The van der Waals surface area contributed by atoms with Crippen molar-refractivity contribution < 1.29 is 9.72 Å². The number of rotatable bonds is 5. The van der Waals surface area contributed by atoms with Gasteiger partial charge in [0.25, 0.3) is 11.2 Å². The van der Waals surface area contributed by atoms with Gasteiger partial charge < -0.3 is 10.3 Å². The molecule has 0 radical (unpaired) electrons. The molecule has 1 aromatic carbocycles. The van der Waals surface area contributed by atoms with Gasteiger partial charge in [-0.3, -0.25) is 19.7 Å². The largest absolute Gasteiger partial charge is 0.343 e. The monoisotopic (exact) mass is 508 g/mol. The number of aryl methyl sites for hydroxylation is 1. The fourth-order valence-electron chi connectivity index (χ4n) is 4.72. The number of aromatic nitrogens is 2. The average molecular weight is 509 g/mol. The summed E-state index contributed by atoms with van der Waals surface area (Å²) in [6.45, 7) is 6.16. The summed E-state index contributed by atoms with van der Waals surface area (Å²) in [4.78, 5) is 46.8. The maximum absolute atomic E-state index is 13.4. The number of anilines is 1. The van der Waals surface area contributed by atoms with Crippen LogP contribution in [0.4, 0.5) is 11.5 Å². The van der Waals surface area contributed by atoms with Crippen molar-refractivity contribution in [2.24, 2.45) is 5.41 Å². The fourth-order valence-corrected chi connectivity index (χ4v) is 6.53. The van der Waals surface area contributed by atoms with Gasteiger partial charge in [0.15, 0.2) is 10.9 Å². The fraction of sp³-hybridized carbons (Fsp3) is 0.320. The zero-order valence-corrected chi connectivity index (χ0v) is 21.1. The highest BCUT2D eigenvalue weighted by molar-refractivity contribution is 7.98. The highest BCUT2D eigenvalue weighted by Crippen LogP contribution is 2.48. The number of thiophene rings is 1. The van der Waals surface area contributed by atoms with E-state index in [-0.39, 0.29) is 22.4 Å². The first-order valence-corrected chi connectivity index (χ1v) is 13.0. The van der Waals surface area contributed by atoms with E-state index in [0.29, 0.717) is 40.7 Å². The lowest BCUT2D eigenvalue weighted by Crippen LogP contribution is -2.36. The Balaban J connectivity index is 1.51. The zero-order chi connectivity index (χ0) is 24.9. The molecule has 0 saturated carbocycles. The third-order valence-corrected chi connectivity index (χ3v) is 8.28. The Morgan fingerprint density at radius 1 is 1.17 bits per heavy atom. The average Bonchev–Trinajstić information content (AvgIpc) is 3.21. The third-order valence-electron chi connectivity index (χ3n) is 6.27. The molecule has 5 rings (SSSR count). The molecule has 1 atom stereocenters. The Morgan fingerprint density at radius 3 is 2.57 bits per heavy atom. The maximum atomic E-state index is 13.4. The van der Waals surface area contributed by atoms with Gasteiger partial charge in [0.05, 0.1) is 16.4 Å². The van der Waals surface area contributed by atoms with Crippen LogP contribution in [-0.2, 0) is 10.5 Å². The predicted molar refractivity (Wildman–Crippen MR) is 137 cm³/mol. The molecular weight excluding hydrogens is 484 g/mol. The van der Waals surface area contributed by atoms with E-state index in [4.69, 9.17) is 4.98 Å². The molecular formula is C25H24N4O4S2. The SMILES string of the molecule is Cc1ccc(C2C3=C(CC(C)(C)CC3=O)Nc3nc(SCc4ccc([N+](=O)[O-])cc4)[nH]c(=O)c32)s1. The lowest BCUT2D eigenvalue weighted by molar-refractivity contribution is -0.384. The van der Waals surface area contributed by atoms with Gasteiger partial charge in [0.2, 0.25) is 0 Å². The van der Waals surface area contributed by atoms with Gasteiger partial charge in [-0.05, 0) is 36.5 Å². The van der Waals surface area contributed by atoms with Crippen LogP contribution in [-0.4, -0.2) is 20.7 Å². The molecule has 1 aliphatic carbocycles. The van der Waals surface area contributed by atoms with E-state index in [1.165, 1.54) is 23.9 Å². The molecule has 35 heavy (non-hydrogen) atoms. The van der Waals surface area contributed by atoms with E-state index < -0.39 is 10.8 Å². The topological polar surface area (TPSA) is 118 Å². The quantitative estimate of drug-likeness (QED) is 0.201. The van der Waals surface area contributed by atoms with E-state index >= 15 is 0 Å². The van der Waals surface area contributed by atoms with Crippen LogP contribution >= 0.6 is 23.1 Å². The number of fused-ring (bicyclic) bond motifs is 1. The first-order chi connectivity index (χ1) is 16.6. The summed E-state index contributed by atoms with van der Waals surface area (Å²) in [6.07, 6.45) is 1.15. The first-order valence-electron chi connectivity index (χ1n) is 11.2. The van der Waals surface area contributed by atoms with Crippen LogP contribution in [0.15, 0.2) is 57.6 Å². The Labute approximate surface area is 210 Å². The number of hydrogen-bond donors (Lipinski definition) is 2. The van der Waals surface area contributed by atoms with Crippen LogP contribution in [0.5, 0.6) is 0 Å². The van der Waals surface area contributed by atoms with Crippen molar-refractivity contribution >= 4 is 40.4 Å². The number of carbonyl (C=O) groups excluding carboxylic acids is 1. The molecule has 8 nitrogen and oxygen atoms in total. The van der Waals surface area contributed by atoms with Crippen molar-refractivity contribution in [2.75, 3.05) is 5.32 Å². The van der Waals surface area contributed by atoms with Crippen molar-refractivity contribution in [2.45, 2.75) is 50.4 Å². The number of nitro benzene ring substituents is 1. The van der Waals surface area contributed by atoms with Crippen LogP contribution in [0.3, 0.4) is 0 Å². The van der Waals surface area contributed by atoms with Gasteiger partial charge in [-0.25, -0.2) is 4.98 Å². The zero-order valence-electron chi connectivity index (χ0n) is 19.5. The molecule has 1 aliphatic heterocycles. The Hall–Kier alpha value is -3.24. The summed E-state index contributed by atoms with van der Waals surface area (Å²) in [5.74, 6) is 0.613.